The van der Waals surface area contributed by atoms with Crippen LogP contribution in [0.2, 0.25) is 0 Å². The third-order valence-corrected chi connectivity index (χ3v) is 5.36. The first-order valence-electron chi connectivity index (χ1n) is 8.13. The van der Waals surface area contributed by atoms with Crippen molar-refractivity contribution in [1.29, 1.82) is 0 Å². The van der Waals surface area contributed by atoms with Crippen molar-refractivity contribution in [2.45, 2.75) is 17.9 Å². The molecule has 9 heteroatoms. The van der Waals surface area contributed by atoms with Crippen LogP contribution in [-0.4, -0.2) is 45.6 Å². The molecule has 1 aromatic carbocycles. The summed E-state index contributed by atoms with van der Waals surface area (Å²) in [7, 11) is 1.49. The third-order valence-electron chi connectivity index (χ3n) is 4.12. The van der Waals surface area contributed by atoms with Gasteiger partial charge in [0.05, 0.1) is 35.5 Å². The van der Waals surface area contributed by atoms with Gasteiger partial charge in [-0.25, -0.2) is 9.18 Å². The molecule has 0 saturated heterocycles. The number of fused-ring (bicyclic) bond motifs is 1. The van der Waals surface area contributed by atoms with Crippen LogP contribution in [-0.2, 0) is 4.74 Å². The molecule has 1 atom stereocenters. The molecule has 0 amide bonds. The zero-order valence-electron chi connectivity index (χ0n) is 14.7. The number of pyridine rings is 1. The fourth-order valence-corrected chi connectivity index (χ4v) is 4.07. The van der Waals surface area contributed by atoms with E-state index in [0.29, 0.717) is 32.8 Å². The van der Waals surface area contributed by atoms with E-state index in [4.69, 9.17) is 4.74 Å². The van der Waals surface area contributed by atoms with Crippen LogP contribution in [0.15, 0.2) is 38.9 Å². The molecule has 27 heavy (non-hydrogen) atoms. The van der Waals surface area contributed by atoms with Gasteiger partial charge in [0, 0.05) is 23.3 Å². The number of rotatable bonds is 6. The van der Waals surface area contributed by atoms with Crippen molar-refractivity contribution in [1.82, 2.24) is 15.0 Å². The second-order valence-electron chi connectivity index (χ2n) is 5.94. The summed E-state index contributed by atoms with van der Waals surface area (Å²) in [5.74, 6) is -0.0786. The van der Waals surface area contributed by atoms with Crippen molar-refractivity contribution in [3.05, 3.63) is 56.6 Å². The molecule has 0 aliphatic carbocycles. The summed E-state index contributed by atoms with van der Waals surface area (Å²) in [6, 6.07) is 4.50. The Kier molecular flexibility index (Phi) is 5.73. The number of ether oxygens (including phenoxy) is 1. The zero-order chi connectivity index (χ0) is 19.6. The monoisotopic (exact) mass is 391 g/mol. The molecular formula is C18H18FN3O4S. The Labute approximate surface area is 157 Å². The smallest absolute Gasteiger partial charge is 0.326 e. The lowest BCUT2D eigenvalue weighted by Gasteiger charge is -2.17. The second-order valence-corrected chi connectivity index (χ2v) is 6.97. The Balaban J connectivity index is 2.27. The third kappa shape index (κ3) is 3.95. The summed E-state index contributed by atoms with van der Waals surface area (Å²) in [5.41, 5.74) is 1.19. The van der Waals surface area contributed by atoms with Gasteiger partial charge >= 0.3 is 5.69 Å². The Morgan fingerprint density at radius 2 is 2.11 bits per heavy atom. The van der Waals surface area contributed by atoms with Crippen molar-refractivity contribution in [3.63, 3.8) is 0 Å². The minimum atomic E-state index is -0.623. The summed E-state index contributed by atoms with van der Waals surface area (Å²) in [5, 5.41) is 9.70. The van der Waals surface area contributed by atoms with Gasteiger partial charge in [-0.2, -0.15) is 0 Å². The van der Waals surface area contributed by atoms with Gasteiger partial charge in [-0.15, -0.1) is 11.8 Å². The van der Waals surface area contributed by atoms with Crippen molar-refractivity contribution >= 4 is 22.7 Å². The van der Waals surface area contributed by atoms with Crippen LogP contribution in [0.1, 0.15) is 5.56 Å². The fourth-order valence-electron chi connectivity index (χ4n) is 2.76. The fraction of sp³-hybridized carbons (Fsp3) is 0.278. The molecule has 3 rings (SSSR count). The summed E-state index contributed by atoms with van der Waals surface area (Å²) >= 11 is 1.32. The number of thioether (sulfide) groups is 1. The number of nitrogens with one attached hydrogen (secondary N) is 2. The van der Waals surface area contributed by atoms with Gasteiger partial charge in [-0.3, -0.25) is 14.8 Å². The Morgan fingerprint density at radius 1 is 1.33 bits per heavy atom. The van der Waals surface area contributed by atoms with E-state index in [-0.39, 0.29) is 6.61 Å². The first-order valence-corrected chi connectivity index (χ1v) is 9.11. The number of methoxy groups -OCH3 is 1. The summed E-state index contributed by atoms with van der Waals surface area (Å²) in [6.45, 7) is 1.64. The maximum atomic E-state index is 13.3. The van der Waals surface area contributed by atoms with Crippen molar-refractivity contribution in [2.75, 3.05) is 19.5 Å². The molecule has 0 bridgehead atoms. The number of benzene rings is 1. The van der Waals surface area contributed by atoms with Crippen LogP contribution in [0.5, 0.6) is 0 Å². The molecule has 0 saturated carbocycles. The maximum absolute atomic E-state index is 13.3. The van der Waals surface area contributed by atoms with E-state index in [9.17, 15) is 19.1 Å². The van der Waals surface area contributed by atoms with Gasteiger partial charge in [0.15, 0.2) is 0 Å². The number of nitrogens with zero attached hydrogens (tertiary/aromatic N) is 1. The Morgan fingerprint density at radius 3 is 2.74 bits per heavy atom. The number of hydrogen-bond acceptors (Lipinski definition) is 6. The first-order chi connectivity index (χ1) is 12.9. The predicted octanol–water partition coefficient (Wildman–Crippen LogP) is 1.83. The van der Waals surface area contributed by atoms with E-state index >= 15 is 0 Å². The van der Waals surface area contributed by atoms with Gasteiger partial charge in [0.2, 0.25) is 0 Å². The van der Waals surface area contributed by atoms with E-state index in [1.54, 1.807) is 12.1 Å². The SMILES string of the molecule is CO[C@@H](CO)CSc1c(-c2ccc(F)cn2)c(C)cc2c(=O)[nH]c(=O)[nH]c12. The summed E-state index contributed by atoms with van der Waals surface area (Å²) in [4.78, 5) is 33.7. The minimum absolute atomic E-state index is 0.172. The lowest BCUT2D eigenvalue weighted by molar-refractivity contribution is 0.0656. The van der Waals surface area contributed by atoms with Crippen molar-refractivity contribution < 1.29 is 14.2 Å². The number of aliphatic hydroxyl groups excluding tert-OH is 1. The number of aliphatic hydroxyl groups is 1. The quantitative estimate of drug-likeness (QED) is 0.553. The molecule has 142 valence electrons. The highest BCUT2D eigenvalue weighted by molar-refractivity contribution is 7.99. The predicted molar refractivity (Wildman–Crippen MR) is 102 cm³/mol. The molecular weight excluding hydrogens is 373 g/mol. The topological polar surface area (TPSA) is 108 Å². The Hall–Kier alpha value is -2.49. The highest BCUT2D eigenvalue weighted by atomic mass is 32.2. The highest BCUT2D eigenvalue weighted by Crippen LogP contribution is 2.37. The first kappa shape index (κ1) is 19.3. The van der Waals surface area contributed by atoms with E-state index < -0.39 is 23.2 Å². The van der Waals surface area contributed by atoms with Gasteiger partial charge in [-0.1, -0.05) is 0 Å². The lowest BCUT2D eigenvalue weighted by atomic mass is 10.0. The van der Waals surface area contributed by atoms with Crippen LogP contribution in [0.3, 0.4) is 0 Å². The number of hydrogen-bond donors (Lipinski definition) is 3. The van der Waals surface area contributed by atoms with Crippen LogP contribution in [0, 0.1) is 12.7 Å². The van der Waals surface area contributed by atoms with Gasteiger partial charge in [0.1, 0.15) is 5.82 Å². The molecule has 0 spiro atoms. The molecule has 0 aliphatic rings. The van der Waals surface area contributed by atoms with Crippen LogP contribution in [0.25, 0.3) is 22.2 Å². The molecule has 2 aromatic heterocycles. The molecule has 0 radical (unpaired) electrons. The van der Waals surface area contributed by atoms with Crippen molar-refractivity contribution in [3.8, 4) is 11.3 Å². The largest absolute Gasteiger partial charge is 0.394 e. The van der Waals surface area contributed by atoms with Crippen molar-refractivity contribution in [2.24, 2.45) is 0 Å². The summed E-state index contributed by atoms with van der Waals surface area (Å²) in [6.07, 6.45) is 0.688. The molecule has 0 unspecified atom stereocenters. The molecule has 0 fully saturated rings. The summed E-state index contributed by atoms with van der Waals surface area (Å²) < 4.78 is 18.5. The highest BCUT2D eigenvalue weighted by Gasteiger charge is 2.19. The van der Waals surface area contributed by atoms with Crippen LogP contribution < -0.4 is 11.2 Å². The Bertz CT molecular complexity index is 1070. The molecule has 2 heterocycles. The molecule has 3 N–H and O–H groups in total. The van der Waals surface area contributed by atoms with Gasteiger partial charge < -0.3 is 14.8 Å². The maximum Gasteiger partial charge on any atom is 0.326 e. The molecule has 3 aromatic rings. The number of aromatic amines is 2. The lowest BCUT2D eigenvalue weighted by Crippen LogP contribution is -2.23. The standard InChI is InChI=1S/C18H18FN3O4S/c1-9-5-12-15(21-18(25)22-17(12)24)16(27-8-11(7-23)26-2)14(9)13-4-3-10(19)6-20-13/h3-6,11,23H,7-8H2,1-2H3,(H2,21,22,24,25)/t11-/m0/s1. The average molecular weight is 391 g/mol. The number of halogens is 1. The average Bonchev–Trinajstić information content (AvgIpc) is 2.64. The van der Waals surface area contributed by atoms with Gasteiger partial charge in [-0.05, 0) is 30.7 Å². The number of H-pyrrole nitrogens is 2. The molecule has 0 aliphatic heterocycles. The van der Waals surface area contributed by atoms with E-state index in [2.05, 4.69) is 15.0 Å². The van der Waals surface area contributed by atoms with Crippen LogP contribution >= 0.6 is 11.8 Å². The van der Waals surface area contributed by atoms with E-state index in [1.165, 1.54) is 24.9 Å². The van der Waals surface area contributed by atoms with E-state index in [0.717, 1.165) is 11.8 Å². The van der Waals surface area contributed by atoms with Gasteiger partial charge in [0.25, 0.3) is 5.56 Å². The normalized spacial score (nSPS) is 12.4. The zero-order valence-corrected chi connectivity index (χ0v) is 15.5. The van der Waals surface area contributed by atoms with Crippen LogP contribution in [0.4, 0.5) is 4.39 Å². The number of aromatic nitrogens is 3. The molecule has 7 nitrogen and oxygen atoms in total. The minimum Gasteiger partial charge on any atom is -0.394 e. The van der Waals surface area contributed by atoms with E-state index in [1.807, 2.05) is 6.92 Å². The second kappa shape index (κ2) is 8.03. The number of aryl methyl sites for hydroxylation is 1.